The number of hydrogen-bond acceptors (Lipinski definition) is 2. The number of rotatable bonds is 5. The van der Waals surface area contributed by atoms with E-state index in [4.69, 9.17) is 0 Å². The summed E-state index contributed by atoms with van der Waals surface area (Å²) in [5.41, 5.74) is 1.67. The molecular formula is C17H23N3O2. The Hall–Kier alpha value is -2.30. The number of anilines is 1. The van der Waals surface area contributed by atoms with Gasteiger partial charge in [0, 0.05) is 13.0 Å². The summed E-state index contributed by atoms with van der Waals surface area (Å²) in [5.74, 6) is -0.206. The van der Waals surface area contributed by atoms with E-state index in [1.54, 1.807) is 9.36 Å². The number of aromatic nitrogens is 2. The average molecular weight is 301 g/mol. The van der Waals surface area contributed by atoms with E-state index in [1.807, 2.05) is 58.2 Å². The molecule has 2 rings (SSSR count). The Labute approximate surface area is 130 Å². The summed E-state index contributed by atoms with van der Waals surface area (Å²) in [5, 5.41) is 2.80. The topological polar surface area (TPSA) is 56.0 Å². The van der Waals surface area contributed by atoms with E-state index in [2.05, 4.69) is 5.32 Å². The summed E-state index contributed by atoms with van der Waals surface area (Å²) in [6.07, 6.45) is 1.75. The maximum Gasteiger partial charge on any atom is 0.295 e. The lowest BCUT2D eigenvalue weighted by Crippen LogP contribution is -2.25. The predicted molar refractivity (Wildman–Crippen MR) is 88.4 cm³/mol. The van der Waals surface area contributed by atoms with Crippen LogP contribution in [-0.4, -0.2) is 15.3 Å². The van der Waals surface area contributed by atoms with E-state index in [-0.39, 0.29) is 17.4 Å². The second kappa shape index (κ2) is 6.64. The minimum absolute atomic E-state index is 0.103. The monoisotopic (exact) mass is 301 g/mol. The van der Waals surface area contributed by atoms with Gasteiger partial charge in [0.25, 0.3) is 5.56 Å². The number of carbonyl (C=O) groups excluding carboxylic acids is 1. The van der Waals surface area contributed by atoms with Gasteiger partial charge in [-0.25, -0.2) is 4.68 Å². The van der Waals surface area contributed by atoms with Crippen LogP contribution in [-0.2, 0) is 11.8 Å². The van der Waals surface area contributed by atoms with Crippen LogP contribution in [0.1, 0.15) is 32.4 Å². The number of benzene rings is 1. The zero-order chi connectivity index (χ0) is 16.3. The predicted octanol–water partition coefficient (Wildman–Crippen LogP) is 2.86. The smallest absolute Gasteiger partial charge is 0.295 e. The van der Waals surface area contributed by atoms with E-state index in [1.165, 1.54) is 0 Å². The summed E-state index contributed by atoms with van der Waals surface area (Å²) < 4.78 is 3.33. The van der Waals surface area contributed by atoms with Crippen LogP contribution >= 0.6 is 0 Å². The average Bonchev–Trinajstić information content (AvgIpc) is 2.72. The van der Waals surface area contributed by atoms with Gasteiger partial charge in [0.1, 0.15) is 5.69 Å². The van der Waals surface area contributed by atoms with E-state index < -0.39 is 0 Å². The molecule has 0 aliphatic rings. The second-order valence-electron chi connectivity index (χ2n) is 5.62. The molecule has 0 aliphatic heterocycles. The summed E-state index contributed by atoms with van der Waals surface area (Å²) in [6, 6.07) is 9.40. The lowest BCUT2D eigenvalue weighted by molar-refractivity contribution is -0.119. The second-order valence-corrected chi connectivity index (χ2v) is 5.62. The van der Waals surface area contributed by atoms with Crippen molar-refractivity contribution in [2.45, 2.75) is 33.6 Å². The fourth-order valence-electron chi connectivity index (χ4n) is 2.52. The first kappa shape index (κ1) is 16.1. The van der Waals surface area contributed by atoms with Gasteiger partial charge in [-0.15, -0.1) is 0 Å². The maximum absolute atomic E-state index is 12.7. The standard InChI is InChI=1S/C17H23N3O2/c1-5-9-12(2)16(21)18-15-13(3)19(4)20(17(15)22)14-10-7-6-8-11-14/h6-8,10-12H,5,9H2,1-4H3,(H,18,21)/t12-/m0/s1. The lowest BCUT2D eigenvalue weighted by atomic mass is 10.1. The molecule has 1 atom stereocenters. The highest BCUT2D eigenvalue weighted by Gasteiger charge is 2.20. The number of hydrogen-bond donors (Lipinski definition) is 1. The molecule has 0 saturated heterocycles. The zero-order valence-electron chi connectivity index (χ0n) is 13.6. The van der Waals surface area contributed by atoms with Crippen molar-refractivity contribution in [3.8, 4) is 5.69 Å². The molecule has 1 amide bonds. The summed E-state index contributed by atoms with van der Waals surface area (Å²) >= 11 is 0. The molecule has 1 N–H and O–H groups in total. The molecule has 2 aromatic rings. The summed E-state index contributed by atoms with van der Waals surface area (Å²) in [7, 11) is 1.81. The van der Waals surface area contributed by atoms with Gasteiger partial charge in [-0.1, -0.05) is 38.5 Å². The van der Waals surface area contributed by atoms with Crippen LogP contribution in [0.3, 0.4) is 0 Å². The highest BCUT2D eigenvalue weighted by atomic mass is 16.2. The first-order valence-electron chi connectivity index (χ1n) is 7.62. The third-order valence-corrected chi connectivity index (χ3v) is 3.97. The third-order valence-electron chi connectivity index (χ3n) is 3.97. The van der Waals surface area contributed by atoms with E-state index in [0.29, 0.717) is 5.69 Å². The highest BCUT2D eigenvalue weighted by Crippen LogP contribution is 2.15. The molecule has 0 fully saturated rings. The lowest BCUT2D eigenvalue weighted by Gasteiger charge is -2.09. The normalized spacial score (nSPS) is 12.2. The molecular weight excluding hydrogens is 278 g/mol. The number of amides is 1. The first-order chi connectivity index (χ1) is 10.5. The van der Waals surface area contributed by atoms with Gasteiger partial charge in [0.05, 0.1) is 11.4 Å². The van der Waals surface area contributed by atoms with E-state index >= 15 is 0 Å². The molecule has 1 heterocycles. The van der Waals surface area contributed by atoms with Gasteiger partial charge >= 0.3 is 0 Å². The Morgan fingerprint density at radius 2 is 1.91 bits per heavy atom. The molecule has 118 valence electrons. The Morgan fingerprint density at radius 1 is 1.27 bits per heavy atom. The molecule has 0 radical (unpaired) electrons. The highest BCUT2D eigenvalue weighted by molar-refractivity contribution is 5.92. The van der Waals surface area contributed by atoms with Crippen LogP contribution in [0.5, 0.6) is 0 Å². The van der Waals surface area contributed by atoms with Crippen LogP contribution in [0.15, 0.2) is 35.1 Å². The minimum atomic E-state index is -0.205. The van der Waals surface area contributed by atoms with E-state index in [0.717, 1.165) is 24.2 Å². The number of para-hydroxylation sites is 1. The summed E-state index contributed by atoms with van der Waals surface area (Å²) in [6.45, 7) is 5.76. The Morgan fingerprint density at radius 3 is 2.50 bits per heavy atom. The van der Waals surface area contributed by atoms with Crippen molar-refractivity contribution in [3.05, 3.63) is 46.4 Å². The molecule has 0 spiro atoms. The molecule has 0 saturated carbocycles. The molecule has 5 heteroatoms. The van der Waals surface area contributed by atoms with Gasteiger partial charge in [-0.2, -0.15) is 0 Å². The molecule has 1 aromatic carbocycles. The fourth-order valence-corrected chi connectivity index (χ4v) is 2.52. The Kier molecular flexibility index (Phi) is 4.85. The van der Waals surface area contributed by atoms with Crippen LogP contribution in [0.4, 0.5) is 5.69 Å². The molecule has 22 heavy (non-hydrogen) atoms. The maximum atomic E-state index is 12.7. The van der Waals surface area contributed by atoms with Crippen molar-refractivity contribution in [1.82, 2.24) is 9.36 Å². The quantitative estimate of drug-likeness (QED) is 0.923. The molecule has 5 nitrogen and oxygen atoms in total. The molecule has 1 aromatic heterocycles. The molecule has 0 unspecified atom stereocenters. The van der Waals surface area contributed by atoms with Crippen LogP contribution in [0.2, 0.25) is 0 Å². The van der Waals surface area contributed by atoms with Crippen molar-refractivity contribution in [3.63, 3.8) is 0 Å². The summed E-state index contributed by atoms with van der Waals surface area (Å²) in [4.78, 5) is 24.8. The number of carbonyl (C=O) groups is 1. The minimum Gasteiger partial charge on any atom is -0.320 e. The van der Waals surface area contributed by atoms with Gasteiger partial charge < -0.3 is 5.32 Å². The van der Waals surface area contributed by atoms with Crippen molar-refractivity contribution >= 4 is 11.6 Å². The molecule has 0 bridgehead atoms. The SMILES string of the molecule is CCC[C@H](C)C(=O)Nc1c(C)n(C)n(-c2ccccc2)c1=O. The van der Waals surface area contributed by atoms with Crippen LogP contribution in [0, 0.1) is 12.8 Å². The van der Waals surface area contributed by atoms with Gasteiger partial charge in [-0.3, -0.25) is 14.3 Å². The number of nitrogens with one attached hydrogen (secondary N) is 1. The Bertz CT molecular complexity index is 713. The van der Waals surface area contributed by atoms with Crippen molar-refractivity contribution in [1.29, 1.82) is 0 Å². The van der Waals surface area contributed by atoms with Crippen LogP contribution < -0.4 is 10.9 Å². The molecule has 0 aliphatic carbocycles. The van der Waals surface area contributed by atoms with Gasteiger partial charge in [0.2, 0.25) is 5.91 Å². The van der Waals surface area contributed by atoms with Crippen LogP contribution in [0.25, 0.3) is 5.69 Å². The Balaban J connectivity index is 2.39. The van der Waals surface area contributed by atoms with Crippen molar-refractivity contribution < 1.29 is 4.79 Å². The van der Waals surface area contributed by atoms with E-state index in [9.17, 15) is 9.59 Å². The fraction of sp³-hybridized carbons (Fsp3) is 0.412. The van der Waals surface area contributed by atoms with Gasteiger partial charge in [0.15, 0.2) is 0 Å². The number of nitrogens with zero attached hydrogens (tertiary/aromatic N) is 2. The largest absolute Gasteiger partial charge is 0.320 e. The first-order valence-corrected chi connectivity index (χ1v) is 7.62. The van der Waals surface area contributed by atoms with Crippen molar-refractivity contribution in [2.75, 3.05) is 5.32 Å². The zero-order valence-corrected chi connectivity index (χ0v) is 13.6. The van der Waals surface area contributed by atoms with Crippen molar-refractivity contribution in [2.24, 2.45) is 13.0 Å². The van der Waals surface area contributed by atoms with Gasteiger partial charge in [-0.05, 0) is 25.5 Å². The third kappa shape index (κ3) is 2.98.